The number of likely N-dealkylation sites (tertiary alicyclic amines) is 1. The lowest BCUT2D eigenvalue weighted by molar-refractivity contribution is 0.0126. The largest absolute Gasteiger partial charge is 0.490 e. The number of hydrogen-bond acceptors (Lipinski definition) is 7. The van der Waals surface area contributed by atoms with Crippen LogP contribution in [-0.2, 0) is 4.74 Å². The Morgan fingerprint density at radius 1 is 1.19 bits per heavy atom. The molecular weight excluding hydrogens is 400 g/mol. The van der Waals surface area contributed by atoms with E-state index in [0.717, 1.165) is 0 Å². The van der Waals surface area contributed by atoms with Crippen molar-refractivity contribution >= 4 is 17.7 Å². The number of benzene rings is 1. The van der Waals surface area contributed by atoms with E-state index in [1.807, 2.05) is 20.8 Å². The molecule has 2 aromatic rings. The van der Waals surface area contributed by atoms with Crippen LogP contribution in [0.15, 0.2) is 28.8 Å². The summed E-state index contributed by atoms with van der Waals surface area (Å²) < 4.78 is 16.5. The van der Waals surface area contributed by atoms with Gasteiger partial charge in [0.1, 0.15) is 23.2 Å². The third-order valence-electron chi connectivity index (χ3n) is 4.89. The van der Waals surface area contributed by atoms with E-state index in [1.54, 1.807) is 36.1 Å². The standard InChI is InChI=1S/C22H28N4O5/c1-13-17(19(20(24)27)25-31-13)18(23)14-5-7-15(8-6-14)29-16-9-11-26(12-10-16)21(28)30-22(2,3)4/h5-8,16,23H,9-12H2,1-4H3,(H2,24,27). The van der Waals surface area contributed by atoms with Gasteiger partial charge >= 0.3 is 6.09 Å². The van der Waals surface area contributed by atoms with E-state index < -0.39 is 11.5 Å². The Morgan fingerprint density at radius 3 is 2.35 bits per heavy atom. The second-order valence-electron chi connectivity index (χ2n) is 8.51. The van der Waals surface area contributed by atoms with E-state index in [4.69, 9.17) is 25.1 Å². The Kier molecular flexibility index (Phi) is 6.33. The van der Waals surface area contributed by atoms with Crippen LogP contribution in [0.1, 0.15) is 61.0 Å². The van der Waals surface area contributed by atoms with Crippen LogP contribution >= 0.6 is 0 Å². The highest BCUT2D eigenvalue weighted by Gasteiger charge is 2.28. The average Bonchev–Trinajstić information content (AvgIpc) is 3.09. The van der Waals surface area contributed by atoms with Gasteiger partial charge in [0.25, 0.3) is 5.91 Å². The Labute approximate surface area is 181 Å². The predicted molar refractivity (Wildman–Crippen MR) is 114 cm³/mol. The summed E-state index contributed by atoms with van der Waals surface area (Å²) in [6.07, 6.45) is 1.11. The lowest BCUT2D eigenvalue weighted by atomic mass is 10.0. The Morgan fingerprint density at radius 2 is 1.81 bits per heavy atom. The van der Waals surface area contributed by atoms with Crippen LogP contribution in [0.3, 0.4) is 0 Å². The van der Waals surface area contributed by atoms with Gasteiger partial charge in [-0.25, -0.2) is 4.79 Å². The number of ether oxygens (including phenoxy) is 2. The smallest absolute Gasteiger partial charge is 0.410 e. The minimum absolute atomic E-state index is 0.00855. The second-order valence-corrected chi connectivity index (χ2v) is 8.51. The number of hydrogen-bond donors (Lipinski definition) is 2. The van der Waals surface area contributed by atoms with E-state index in [-0.39, 0.29) is 29.2 Å². The molecule has 1 aromatic heterocycles. The number of carbonyl (C=O) groups is 2. The summed E-state index contributed by atoms with van der Waals surface area (Å²) in [5.74, 6) is 0.287. The quantitative estimate of drug-likeness (QED) is 0.703. The maximum absolute atomic E-state index is 12.2. The van der Waals surface area contributed by atoms with Gasteiger partial charge in [-0.15, -0.1) is 0 Å². The van der Waals surface area contributed by atoms with Crippen LogP contribution < -0.4 is 10.5 Å². The van der Waals surface area contributed by atoms with Gasteiger partial charge in [0.05, 0.1) is 11.3 Å². The van der Waals surface area contributed by atoms with Crippen molar-refractivity contribution in [3.8, 4) is 5.75 Å². The first-order chi connectivity index (χ1) is 14.5. The average molecular weight is 428 g/mol. The zero-order valence-electron chi connectivity index (χ0n) is 18.2. The fourth-order valence-electron chi connectivity index (χ4n) is 3.35. The number of nitrogens with two attached hydrogens (primary N) is 1. The lowest BCUT2D eigenvalue weighted by Crippen LogP contribution is -2.44. The van der Waals surface area contributed by atoms with Gasteiger partial charge < -0.3 is 24.6 Å². The molecule has 3 N–H and O–H groups in total. The second kappa shape index (κ2) is 8.79. The molecule has 1 fully saturated rings. The number of nitrogens with one attached hydrogen (secondary N) is 1. The molecular formula is C22H28N4O5. The number of carbonyl (C=O) groups excluding carboxylic acids is 2. The highest BCUT2D eigenvalue weighted by molar-refractivity contribution is 6.16. The van der Waals surface area contributed by atoms with Crippen molar-refractivity contribution < 1.29 is 23.6 Å². The van der Waals surface area contributed by atoms with Gasteiger partial charge in [0, 0.05) is 31.5 Å². The number of aryl methyl sites for hydroxylation is 1. The molecule has 2 amide bonds. The van der Waals surface area contributed by atoms with E-state index in [2.05, 4.69) is 5.16 Å². The van der Waals surface area contributed by atoms with Gasteiger partial charge in [-0.1, -0.05) is 5.16 Å². The number of rotatable bonds is 5. The molecule has 0 radical (unpaired) electrons. The van der Waals surface area contributed by atoms with Gasteiger partial charge in [-0.3, -0.25) is 10.2 Å². The van der Waals surface area contributed by atoms with Crippen LogP contribution in [0, 0.1) is 12.3 Å². The molecule has 9 heteroatoms. The highest BCUT2D eigenvalue weighted by atomic mass is 16.6. The molecule has 1 aliphatic rings. The van der Waals surface area contributed by atoms with Crippen LogP contribution in [0.2, 0.25) is 0 Å². The predicted octanol–water partition coefficient (Wildman–Crippen LogP) is 3.28. The molecule has 166 valence electrons. The van der Waals surface area contributed by atoms with E-state index in [9.17, 15) is 9.59 Å². The first-order valence-electron chi connectivity index (χ1n) is 10.1. The molecule has 1 aromatic carbocycles. The molecule has 1 saturated heterocycles. The minimum Gasteiger partial charge on any atom is -0.490 e. The molecule has 2 heterocycles. The summed E-state index contributed by atoms with van der Waals surface area (Å²) in [4.78, 5) is 25.4. The monoisotopic (exact) mass is 428 g/mol. The number of piperidine rings is 1. The first-order valence-corrected chi connectivity index (χ1v) is 10.1. The third kappa shape index (κ3) is 5.42. The number of nitrogens with zero attached hydrogens (tertiary/aromatic N) is 2. The summed E-state index contributed by atoms with van der Waals surface area (Å²) >= 11 is 0. The summed E-state index contributed by atoms with van der Waals surface area (Å²) in [6.45, 7) is 8.33. The molecule has 0 bridgehead atoms. The molecule has 0 aliphatic carbocycles. The Balaban J connectivity index is 1.59. The van der Waals surface area contributed by atoms with Crippen molar-refractivity contribution in [2.45, 2.75) is 52.2 Å². The Hall–Kier alpha value is -3.36. The number of aromatic nitrogens is 1. The van der Waals surface area contributed by atoms with Gasteiger partial charge in [-0.2, -0.15) is 0 Å². The molecule has 9 nitrogen and oxygen atoms in total. The maximum atomic E-state index is 12.2. The molecule has 0 atom stereocenters. The van der Waals surface area contributed by atoms with Gasteiger partial charge in [-0.05, 0) is 52.0 Å². The van der Waals surface area contributed by atoms with Crippen molar-refractivity contribution in [3.05, 3.63) is 46.8 Å². The van der Waals surface area contributed by atoms with Crippen LogP contribution in [0.5, 0.6) is 5.75 Å². The summed E-state index contributed by atoms with van der Waals surface area (Å²) in [5.41, 5.74) is 5.73. The molecule has 0 saturated carbocycles. The maximum Gasteiger partial charge on any atom is 0.410 e. The van der Waals surface area contributed by atoms with Crippen molar-refractivity contribution in [2.24, 2.45) is 5.73 Å². The SMILES string of the molecule is Cc1onc(C(N)=O)c1C(=N)c1ccc(OC2CCN(C(=O)OC(C)(C)C)CC2)cc1. The van der Waals surface area contributed by atoms with Gasteiger partial charge in [0.2, 0.25) is 0 Å². The molecule has 1 aliphatic heterocycles. The molecule has 31 heavy (non-hydrogen) atoms. The molecule has 0 unspecified atom stereocenters. The number of amides is 2. The van der Waals surface area contributed by atoms with Crippen LogP contribution in [-0.4, -0.2) is 52.6 Å². The van der Waals surface area contributed by atoms with E-state index in [0.29, 0.717) is 43.0 Å². The van der Waals surface area contributed by atoms with E-state index in [1.165, 1.54) is 0 Å². The summed E-state index contributed by atoms with van der Waals surface area (Å²) in [5, 5.41) is 12.1. The number of primary amides is 1. The zero-order chi connectivity index (χ0) is 22.8. The van der Waals surface area contributed by atoms with Crippen LogP contribution in [0.4, 0.5) is 4.79 Å². The fraction of sp³-hybridized carbons (Fsp3) is 0.455. The Bertz CT molecular complexity index is 967. The van der Waals surface area contributed by atoms with Crippen molar-refractivity contribution in [1.29, 1.82) is 5.41 Å². The highest BCUT2D eigenvalue weighted by Crippen LogP contribution is 2.23. The van der Waals surface area contributed by atoms with Gasteiger partial charge in [0.15, 0.2) is 5.69 Å². The topological polar surface area (TPSA) is 132 Å². The fourth-order valence-corrected chi connectivity index (χ4v) is 3.35. The lowest BCUT2D eigenvalue weighted by Gasteiger charge is -2.33. The summed E-state index contributed by atoms with van der Waals surface area (Å²) in [7, 11) is 0. The van der Waals surface area contributed by atoms with Crippen LogP contribution in [0.25, 0.3) is 0 Å². The molecule has 3 rings (SSSR count). The summed E-state index contributed by atoms with van der Waals surface area (Å²) in [6, 6.07) is 7.03. The van der Waals surface area contributed by atoms with Crippen molar-refractivity contribution in [1.82, 2.24) is 10.1 Å². The minimum atomic E-state index is -0.741. The zero-order valence-corrected chi connectivity index (χ0v) is 18.2. The van der Waals surface area contributed by atoms with Crippen molar-refractivity contribution in [2.75, 3.05) is 13.1 Å². The normalized spacial score (nSPS) is 14.9. The first kappa shape index (κ1) is 22.3. The molecule has 0 spiro atoms. The third-order valence-corrected chi connectivity index (χ3v) is 4.89. The van der Waals surface area contributed by atoms with Crippen molar-refractivity contribution in [3.63, 3.8) is 0 Å². The van der Waals surface area contributed by atoms with E-state index >= 15 is 0 Å².